The fraction of sp³-hybridized carbons (Fsp3) is 0.500. The van der Waals surface area contributed by atoms with Crippen LogP contribution < -0.4 is 0 Å². The summed E-state index contributed by atoms with van der Waals surface area (Å²) in [7, 11) is 0. The Morgan fingerprint density at radius 2 is 2.11 bits per heavy atom. The van der Waals surface area contributed by atoms with Crippen molar-refractivity contribution in [3.8, 4) is 0 Å². The quantitative estimate of drug-likeness (QED) is 0.779. The van der Waals surface area contributed by atoms with Crippen molar-refractivity contribution in [1.29, 1.82) is 0 Å². The van der Waals surface area contributed by atoms with Crippen LogP contribution >= 0.6 is 0 Å². The van der Waals surface area contributed by atoms with Gasteiger partial charge in [-0.15, -0.1) is 0 Å². The molecule has 2 aliphatic rings. The Kier molecular flexibility index (Phi) is 3.97. The van der Waals surface area contributed by atoms with Crippen molar-refractivity contribution in [3.05, 3.63) is 47.5 Å². The second kappa shape index (κ2) is 5.87. The van der Waals surface area contributed by atoms with Crippen molar-refractivity contribution in [3.63, 3.8) is 0 Å². The summed E-state index contributed by atoms with van der Waals surface area (Å²) in [5.74, 6) is 0. The van der Waals surface area contributed by atoms with E-state index in [1.165, 1.54) is 11.1 Å². The van der Waals surface area contributed by atoms with Crippen LogP contribution in [-0.2, 0) is 16.0 Å². The summed E-state index contributed by atoms with van der Waals surface area (Å²) in [6.07, 6.45) is 3.55. The first-order valence-corrected chi connectivity index (χ1v) is 7.03. The summed E-state index contributed by atoms with van der Waals surface area (Å²) in [6, 6.07) is 10.7. The van der Waals surface area contributed by atoms with E-state index in [2.05, 4.69) is 41.3 Å². The molecule has 1 fully saturated rings. The normalized spacial score (nSPS) is 28.4. The SMILES string of the molecule is CC1OCC(C2=CCN(Cc3ccccc3)CC2)O1. The first-order chi connectivity index (χ1) is 9.31. The summed E-state index contributed by atoms with van der Waals surface area (Å²) in [5.41, 5.74) is 2.79. The largest absolute Gasteiger partial charge is 0.350 e. The van der Waals surface area contributed by atoms with Gasteiger partial charge in [0.05, 0.1) is 6.61 Å². The summed E-state index contributed by atoms with van der Waals surface area (Å²) in [6.45, 7) is 5.83. The Hall–Kier alpha value is -1.16. The topological polar surface area (TPSA) is 21.7 Å². The molecule has 2 heterocycles. The molecule has 1 saturated heterocycles. The van der Waals surface area contributed by atoms with Crippen molar-refractivity contribution in [2.24, 2.45) is 0 Å². The average molecular weight is 259 g/mol. The van der Waals surface area contributed by atoms with Gasteiger partial charge in [-0.05, 0) is 24.5 Å². The zero-order valence-electron chi connectivity index (χ0n) is 11.4. The van der Waals surface area contributed by atoms with Gasteiger partial charge in [0.15, 0.2) is 6.29 Å². The molecular weight excluding hydrogens is 238 g/mol. The molecule has 0 radical (unpaired) electrons. The molecule has 0 aromatic heterocycles. The van der Waals surface area contributed by atoms with Gasteiger partial charge in [0.1, 0.15) is 6.10 Å². The Morgan fingerprint density at radius 1 is 1.26 bits per heavy atom. The number of benzene rings is 1. The van der Waals surface area contributed by atoms with Crippen LogP contribution in [0.5, 0.6) is 0 Å². The van der Waals surface area contributed by atoms with Crippen molar-refractivity contribution >= 4 is 0 Å². The smallest absolute Gasteiger partial charge is 0.155 e. The molecule has 0 bridgehead atoms. The van der Waals surface area contributed by atoms with E-state index in [-0.39, 0.29) is 12.4 Å². The van der Waals surface area contributed by atoms with E-state index in [0.717, 1.165) is 26.1 Å². The molecule has 0 amide bonds. The zero-order chi connectivity index (χ0) is 13.1. The maximum Gasteiger partial charge on any atom is 0.155 e. The van der Waals surface area contributed by atoms with Crippen LogP contribution in [0.2, 0.25) is 0 Å². The van der Waals surface area contributed by atoms with Gasteiger partial charge < -0.3 is 9.47 Å². The van der Waals surface area contributed by atoms with Crippen molar-refractivity contribution < 1.29 is 9.47 Å². The highest BCUT2D eigenvalue weighted by Gasteiger charge is 2.27. The van der Waals surface area contributed by atoms with Crippen LogP contribution in [0.1, 0.15) is 18.9 Å². The number of rotatable bonds is 3. The van der Waals surface area contributed by atoms with Crippen LogP contribution in [-0.4, -0.2) is 37.0 Å². The highest BCUT2D eigenvalue weighted by atomic mass is 16.7. The molecule has 1 aromatic carbocycles. The summed E-state index contributed by atoms with van der Waals surface area (Å²) in [4.78, 5) is 2.47. The van der Waals surface area contributed by atoms with Gasteiger partial charge in [0.2, 0.25) is 0 Å². The van der Waals surface area contributed by atoms with Gasteiger partial charge in [0.25, 0.3) is 0 Å². The second-order valence-corrected chi connectivity index (χ2v) is 5.28. The third kappa shape index (κ3) is 3.24. The van der Waals surface area contributed by atoms with Crippen LogP contribution in [0.15, 0.2) is 42.0 Å². The molecule has 0 N–H and O–H groups in total. The van der Waals surface area contributed by atoms with Crippen LogP contribution in [0, 0.1) is 0 Å². The lowest BCUT2D eigenvalue weighted by Gasteiger charge is -2.28. The number of nitrogens with zero attached hydrogens (tertiary/aromatic N) is 1. The average Bonchev–Trinajstić information content (AvgIpc) is 2.87. The Labute approximate surface area is 114 Å². The standard InChI is InChI=1S/C16H21NO2/c1-13-18-12-16(19-13)15-7-9-17(10-8-15)11-14-5-3-2-4-6-14/h2-7,13,16H,8-12H2,1H3. The summed E-state index contributed by atoms with van der Waals surface area (Å²) < 4.78 is 11.2. The van der Waals surface area contributed by atoms with Gasteiger partial charge >= 0.3 is 0 Å². The van der Waals surface area contributed by atoms with E-state index < -0.39 is 0 Å². The molecule has 2 unspecified atom stereocenters. The third-order valence-electron chi connectivity index (χ3n) is 3.83. The minimum absolute atomic E-state index is 0.0479. The highest BCUT2D eigenvalue weighted by Crippen LogP contribution is 2.23. The molecule has 3 heteroatoms. The molecule has 3 nitrogen and oxygen atoms in total. The lowest BCUT2D eigenvalue weighted by Crippen LogP contribution is -2.31. The number of ether oxygens (including phenoxy) is 2. The molecule has 102 valence electrons. The van der Waals surface area contributed by atoms with E-state index in [0.29, 0.717) is 6.61 Å². The van der Waals surface area contributed by atoms with E-state index in [1.807, 2.05) is 6.92 Å². The van der Waals surface area contributed by atoms with Crippen molar-refractivity contribution in [1.82, 2.24) is 4.90 Å². The maximum absolute atomic E-state index is 5.75. The first kappa shape index (κ1) is 12.9. The fourth-order valence-corrected chi connectivity index (χ4v) is 2.73. The molecule has 0 aliphatic carbocycles. The van der Waals surface area contributed by atoms with Gasteiger partial charge in [-0.2, -0.15) is 0 Å². The molecule has 1 aromatic rings. The van der Waals surface area contributed by atoms with Gasteiger partial charge in [-0.1, -0.05) is 36.4 Å². The third-order valence-corrected chi connectivity index (χ3v) is 3.83. The fourth-order valence-electron chi connectivity index (χ4n) is 2.73. The van der Waals surface area contributed by atoms with Gasteiger partial charge in [0, 0.05) is 19.6 Å². The first-order valence-electron chi connectivity index (χ1n) is 7.03. The molecule has 0 saturated carbocycles. The molecular formula is C16H21NO2. The Morgan fingerprint density at radius 3 is 2.74 bits per heavy atom. The summed E-state index contributed by atoms with van der Waals surface area (Å²) >= 11 is 0. The summed E-state index contributed by atoms with van der Waals surface area (Å²) in [5, 5.41) is 0. The molecule has 19 heavy (non-hydrogen) atoms. The van der Waals surface area contributed by atoms with E-state index in [4.69, 9.17) is 9.47 Å². The Balaban J connectivity index is 1.55. The van der Waals surface area contributed by atoms with Crippen LogP contribution in [0.3, 0.4) is 0 Å². The van der Waals surface area contributed by atoms with Gasteiger partial charge in [-0.3, -0.25) is 4.90 Å². The van der Waals surface area contributed by atoms with Crippen LogP contribution in [0.4, 0.5) is 0 Å². The van der Waals surface area contributed by atoms with Gasteiger partial charge in [-0.25, -0.2) is 0 Å². The number of hydrogen-bond donors (Lipinski definition) is 0. The monoisotopic (exact) mass is 259 g/mol. The predicted molar refractivity (Wildman–Crippen MR) is 74.7 cm³/mol. The predicted octanol–water partition coefficient (Wildman–Crippen LogP) is 2.58. The van der Waals surface area contributed by atoms with E-state index in [1.54, 1.807) is 0 Å². The maximum atomic E-state index is 5.75. The lowest BCUT2D eigenvalue weighted by molar-refractivity contribution is -0.0372. The lowest BCUT2D eigenvalue weighted by atomic mass is 10.0. The Bertz CT molecular complexity index is 443. The van der Waals surface area contributed by atoms with Crippen molar-refractivity contribution in [2.75, 3.05) is 19.7 Å². The molecule has 0 spiro atoms. The number of hydrogen-bond acceptors (Lipinski definition) is 3. The minimum Gasteiger partial charge on any atom is -0.350 e. The molecule has 2 atom stereocenters. The zero-order valence-corrected chi connectivity index (χ0v) is 11.4. The molecule has 2 aliphatic heterocycles. The minimum atomic E-state index is -0.0479. The van der Waals surface area contributed by atoms with Crippen molar-refractivity contribution in [2.45, 2.75) is 32.3 Å². The molecule has 3 rings (SSSR count). The highest BCUT2D eigenvalue weighted by molar-refractivity contribution is 5.17. The van der Waals surface area contributed by atoms with E-state index in [9.17, 15) is 0 Å². The second-order valence-electron chi connectivity index (χ2n) is 5.28. The van der Waals surface area contributed by atoms with Crippen LogP contribution in [0.25, 0.3) is 0 Å². The van der Waals surface area contributed by atoms with E-state index >= 15 is 0 Å².